The first-order valence-corrected chi connectivity index (χ1v) is 55.5. The third kappa shape index (κ3) is 19.5. The molecule has 20 rings (SSSR count). The Balaban J connectivity index is 0.000000145. The SMILES string of the molecule is CC[C@]1(O)CC[C@@]2(C)C(=CC[C@H]3[C@@H]4CC[C@H]([C@H](C)C(=O)CCC5CC5)[C@@]4(C)CC[C@@H]32)C1.CC[C@]1(O)CC[C@@]2(C)C(=CC[C@H]3[C@@H]4CC[C@H]([C@H](C)[C@@H](O)CCC5CC5)[C@@]4(C)CC[C@@H]32)C1.CC[C@]1(O)CC[C@@]2(C)C(=CC[C@H]3[C@@H]4CC[C@H]([C@H](C)[C@@H](O)CCC5CC5)[C@@]4(C)CC[C@@H]32)C1.CC[C@]1(O)CC[C@@]2(C)C(=CC[C@H]3[C@@H]4CC[C@H]([C@H](C)[C@H](O)CCC5CC5)[C@@]4(C)CC[C@@H]32)C1.CO.[B].[H-].[Na+]. The summed E-state index contributed by atoms with van der Waals surface area (Å²) in [5.74, 6) is 18.2. The van der Waals surface area contributed by atoms with Crippen LogP contribution >= 0.6 is 0 Å². The number of carbonyl (C=O) groups excluding carboxylic acids is 1. The number of fused-ring (bicyclic) bond motifs is 20. The Hall–Kier alpha value is -0.625. The number of carbonyl (C=O) groups is 1. The molecule has 721 valence electrons. The van der Waals surface area contributed by atoms with E-state index in [4.69, 9.17) is 5.11 Å². The third-order valence-corrected chi connectivity index (χ3v) is 47.0. The fourth-order valence-corrected chi connectivity index (χ4v) is 36.9. The summed E-state index contributed by atoms with van der Waals surface area (Å²) in [5.41, 5.74) is 7.39. The molecule has 8 N–H and O–H groups in total. The summed E-state index contributed by atoms with van der Waals surface area (Å²) in [6, 6.07) is 0. The van der Waals surface area contributed by atoms with Gasteiger partial charge in [-0.2, -0.15) is 0 Å². The summed E-state index contributed by atoms with van der Waals surface area (Å²) < 4.78 is 0. The van der Waals surface area contributed by atoms with Gasteiger partial charge in [-0.3, -0.25) is 4.79 Å². The number of rotatable bonds is 24. The molecule has 0 aliphatic heterocycles. The normalized spacial score (nSPS) is 47.1. The van der Waals surface area contributed by atoms with Gasteiger partial charge in [0.15, 0.2) is 0 Å². The van der Waals surface area contributed by atoms with E-state index in [-0.39, 0.29) is 63.6 Å². The number of Topliss-reactive ketones (excluding diaryl/α,β-unsaturated/α-hetero) is 1. The van der Waals surface area contributed by atoms with Crippen LogP contribution in [0.2, 0.25) is 0 Å². The van der Waals surface area contributed by atoms with Gasteiger partial charge in [-0.1, -0.05) is 209 Å². The quantitative estimate of drug-likeness (QED) is 0.0345. The minimum absolute atomic E-state index is 0. The van der Waals surface area contributed by atoms with Crippen molar-refractivity contribution in [2.75, 3.05) is 7.11 Å². The minimum atomic E-state index is -0.462. The van der Waals surface area contributed by atoms with Crippen molar-refractivity contribution >= 4 is 14.2 Å². The zero-order valence-corrected chi connectivity index (χ0v) is 87.7. The zero-order valence-electron chi connectivity index (χ0n) is 86.7. The van der Waals surface area contributed by atoms with Crippen LogP contribution in [-0.2, 0) is 4.79 Å². The predicted octanol–water partition coefficient (Wildman–Crippen LogP) is 24.1. The Bertz CT molecular complexity index is 3590. The van der Waals surface area contributed by atoms with Crippen molar-refractivity contribution in [2.45, 2.75) is 485 Å². The maximum absolute atomic E-state index is 13.1. The molecule has 35 atom stereocenters. The van der Waals surface area contributed by atoms with Crippen LogP contribution in [0.4, 0.5) is 0 Å². The molecule has 0 spiro atoms. The second-order valence-electron chi connectivity index (χ2n) is 52.5. The van der Waals surface area contributed by atoms with E-state index in [1.807, 2.05) is 0 Å². The second-order valence-corrected chi connectivity index (χ2v) is 52.5. The average molecular weight is 1780 g/mol. The number of allylic oxidation sites excluding steroid dienone is 4. The Morgan fingerprint density at radius 2 is 0.555 bits per heavy atom. The predicted molar refractivity (Wildman–Crippen MR) is 524 cm³/mol. The van der Waals surface area contributed by atoms with Crippen molar-refractivity contribution in [2.24, 2.45) is 185 Å². The van der Waals surface area contributed by atoms with E-state index in [0.29, 0.717) is 90.5 Å². The van der Waals surface area contributed by atoms with Gasteiger partial charge in [0.1, 0.15) is 5.78 Å². The molecule has 3 radical (unpaired) electrons. The first-order valence-electron chi connectivity index (χ1n) is 55.5. The van der Waals surface area contributed by atoms with Gasteiger partial charge in [0.2, 0.25) is 0 Å². The van der Waals surface area contributed by atoms with E-state index in [9.17, 15) is 40.5 Å². The minimum Gasteiger partial charge on any atom is -1.00 e. The molecule has 20 aliphatic carbocycles. The van der Waals surface area contributed by atoms with Crippen molar-refractivity contribution in [3.05, 3.63) is 46.6 Å². The summed E-state index contributed by atoms with van der Waals surface area (Å²) in [5, 5.41) is 84.0. The van der Waals surface area contributed by atoms with Crippen molar-refractivity contribution in [1.29, 1.82) is 0 Å². The molecule has 0 heterocycles. The van der Waals surface area contributed by atoms with E-state index in [0.717, 1.165) is 217 Å². The Morgan fingerprint density at radius 1 is 0.328 bits per heavy atom. The number of hydrogen-bond acceptors (Lipinski definition) is 9. The molecule has 16 fully saturated rings. The van der Waals surface area contributed by atoms with Crippen LogP contribution in [0.15, 0.2) is 46.6 Å². The third-order valence-electron chi connectivity index (χ3n) is 47.0. The van der Waals surface area contributed by atoms with Gasteiger partial charge in [0.25, 0.3) is 0 Å². The van der Waals surface area contributed by atoms with E-state index in [1.54, 1.807) is 22.3 Å². The van der Waals surface area contributed by atoms with E-state index < -0.39 is 22.4 Å². The van der Waals surface area contributed by atoms with Crippen LogP contribution < -0.4 is 29.6 Å². The van der Waals surface area contributed by atoms with Gasteiger partial charge in [-0.25, -0.2) is 0 Å². The fraction of sp³-hybridized carbons (Fsp3) is 0.923. The molecule has 16 saturated carbocycles. The molecule has 20 aliphatic rings. The van der Waals surface area contributed by atoms with Crippen LogP contribution in [0.1, 0.15) is 446 Å². The van der Waals surface area contributed by atoms with E-state index in [2.05, 4.69) is 135 Å². The number of ketones is 1. The van der Waals surface area contributed by atoms with Crippen molar-refractivity contribution < 1.29 is 76.6 Å². The molecule has 0 saturated heterocycles. The second kappa shape index (κ2) is 39.8. The van der Waals surface area contributed by atoms with Gasteiger partial charge >= 0.3 is 29.6 Å². The van der Waals surface area contributed by atoms with Crippen molar-refractivity contribution in [1.82, 2.24) is 0 Å². The molecule has 128 heavy (non-hydrogen) atoms. The maximum atomic E-state index is 13.1. The van der Waals surface area contributed by atoms with Crippen LogP contribution in [0.5, 0.6) is 0 Å². The zero-order chi connectivity index (χ0) is 90.1. The Morgan fingerprint density at radius 3 is 0.789 bits per heavy atom. The van der Waals surface area contributed by atoms with Gasteiger partial charge in [-0.15, -0.1) is 0 Å². The summed E-state index contributed by atoms with van der Waals surface area (Å²) in [4.78, 5) is 13.1. The van der Waals surface area contributed by atoms with Gasteiger partial charge in [0, 0.05) is 27.9 Å². The maximum Gasteiger partial charge on any atom is 1.00 e. The topological polar surface area (TPSA) is 179 Å². The molecule has 0 bridgehead atoms. The molecular formula is C117H195BNaO9. The van der Waals surface area contributed by atoms with Gasteiger partial charge in [-0.05, 0) is 456 Å². The molecule has 0 aromatic heterocycles. The van der Waals surface area contributed by atoms with Crippen molar-refractivity contribution in [3.8, 4) is 0 Å². The summed E-state index contributed by atoms with van der Waals surface area (Å²) >= 11 is 0. The smallest absolute Gasteiger partial charge is 1.00 e. The molecule has 9 nitrogen and oxygen atoms in total. The summed E-state index contributed by atoms with van der Waals surface area (Å²) in [6.45, 7) is 38.5. The first-order chi connectivity index (χ1) is 59.8. The number of hydrogen-bond donors (Lipinski definition) is 8. The molecule has 11 heteroatoms. The van der Waals surface area contributed by atoms with E-state index in [1.165, 1.54) is 218 Å². The average Bonchev–Trinajstić information content (AvgIpc) is 1.66. The molecule has 0 unspecified atom stereocenters. The van der Waals surface area contributed by atoms with E-state index >= 15 is 0 Å². The number of aliphatic hydroxyl groups excluding tert-OH is 4. The summed E-state index contributed by atoms with van der Waals surface area (Å²) in [7, 11) is 1.00. The Kier molecular flexibility index (Phi) is 32.1. The standard InChI is InChI=1S/3C29H48O2.C29H46O2.CH4O.B.Na.H/c4*1-5-29(31)17-16-27(3)21(18-29)9-10-22-24-12-11-23(28(24,4)15-14-25(22)27)19(2)26(30)13-8-20-6-7-20;1-2;;;/h3*9,19-20,22-26,30-31H,5-8,10-18H2,1-4H3;9,19-20,22-25,31H,5-8,10-18H2,1-4H3;2H,1H3;;;/q;;;;;;+1;-1/t19-,22-,23+,24-,25-,26+,27-,28+,29-;2*19-,22-,23+,24-,25-,26-,27-,28+,29-;19-,22-,23+,24-,25-,27-,28+,29-;;;;/m0000..../s1. The molecular weight excluding hydrogens is 1580 g/mol. The number of aliphatic hydroxyl groups is 8. The molecule has 0 amide bonds. The fourth-order valence-electron chi connectivity index (χ4n) is 36.9. The Labute approximate surface area is 809 Å². The summed E-state index contributed by atoms with van der Waals surface area (Å²) in [6.07, 6.45) is 72.1. The molecule has 0 aromatic rings. The van der Waals surface area contributed by atoms with Crippen LogP contribution in [0.25, 0.3) is 0 Å². The monoisotopic (exact) mass is 1780 g/mol. The van der Waals surface area contributed by atoms with Crippen LogP contribution in [0, 0.1) is 185 Å². The largest absolute Gasteiger partial charge is 1.00 e. The first kappa shape index (κ1) is 103. The molecule has 0 aromatic carbocycles. The van der Waals surface area contributed by atoms with Crippen LogP contribution in [-0.4, -0.2) is 103 Å². The van der Waals surface area contributed by atoms with Crippen LogP contribution in [0.3, 0.4) is 0 Å². The van der Waals surface area contributed by atoms with Crippen molar-refractivity contribution in [3.63, 3.8) is 0 Å². The van der Waals surface area contributed by atoms with Gasteiger partial charge in [0.05, 0.1) is 40.7 Å². The van der Waals surface area contributed by atoms with Gasteiger partial charge < -0.3 is 42.3 Å².